The minimum absolute atomic E-state index is 0.0254. The zero-order valence-electron chi connectivity index (χ0n) is 12.3. The molecular weight excluding hydrogens is 272 g/mol. The molecule has 2 rings (SSSR count). The lowest BCUT2D eigenvalue weighted by atomic mass is 9.98. The minimum Gasteiger partial charge on any atom is -0.316 e. The highest BCUT2D eigenvalue weighted by Gasteiger charge is 2.21. The molecule has 0 radical (unpaired) electrons. The number of anilines is 1. The molecule has 0 aliphatic carbocycles. The lowest BCUT2D eigenvalue weighted by Crippen LogP contribution is -2.44. The number of nitrogens with zero attached hydrogens (tertiary/aromatic N) is 2. The third kappa shape index (κ3) is 4.85. The summed E-state index contributed by atoms with van der Waals surface area (Å²) in [5, 5.41) is 8.83. The minimum atomic E-state index is 0.0254. The molecule has 112 valence electrons. The summed E-state index contributed by atoms with van der Waals surface area (Å²) >= 11 is 1.45. The number of nitrogens with one attached hydrogen (secondary N) is 2. The van der Waals surface area contributed by atoms with E-state index < -0.39 is 0 Å². The maximum absolute atomic E-state index is 12.1. The molecule has 0 saturated carbocycles. The summed E-state index contributed by atoms with van der Waals surface area (Å²) in [4.78, 5) is 18.4. The molecule has 0 bridgehead atoms. The van der Waals surface area contributed by atoms with Crippen molar-refractivity contribution in [1.82, 2.24) is 15.2 Å². The number of aromatic nitrogens is 1. The van der Waals surface area contributed by atoms with Crippen molar-refractivity contribution in [1.29, 1.82) is 0 Å². The highest BCUT2D eigenvalue weighted by atomic mass is 32.1. The average molecular weight is 296 g/mol. The number of piperidine rings is 1. The lowest BCUT2D eigenvalue weighted by Gasteiger charge is -2.32. The Morgan fingerprint density at radius 2 is 2.50 bits per heavy atom. The smallest absolute Gasteiger partial charge is 0.240 e. The van der Waals surface area contributed by atoms with Crippen LogP contribution in [0.15, 0.2) is 11.6 Å². The quantitative estimate of drug-likeness (QED) is 0.840. The van der Waals surface area contributed by atoms with Crippen LogP contribution in [0.4, 0.5) is 5.13 Å². The van der Waals surface area contributed by atoms with E-state index in [0.717, 1.165) is 19.6 Å². The first-order chi connectivity index (χ1) is 9.65. The van der Waals surface area contributed by atoms with Crippen molar-refractivity contribution in [2.24, 2.45) is 5.92 Å². The van der Waals surface area contributed by atoms with Gasteiger partial charge < -0.3 is 10.6 Å². The molecule has 1 aromatic rings. The van der Waals surface area contributed by atoms with Crippen molar-refractivity contribution in [2.75, 3.05) is 31.5 Å². The van der Waals surface area contributed by atoms with Crippen molar-refractivity contribution in [3.8, 4) is 0 Å². The van der Waals surface area contributed by atoms with Crippen LogP contribution in [0, 0.1) is 5.92 Å². The van der Waals surface area contributed by atoms with Gasteiger partial charge in [-0.3, -0.25) is 9.69 Å². The SMILES string of the molecule is CC(C)N(CC(=O)Nc1nccs1)CC1CCCNC1. The first-order valence-corrected chi connectivity index (χ1v) is 8.17. The van der Waals surface area contributed by atoms with E-state index in [-0.39, 0.29) is 5.91 Å². The van der Waals surface area contributed by atoms with Gasteiger partial charge in [-0.05, 0) is 45.7 Å². The molecule has 1 fully saturated rings. The highest BCUT2D eigenvalue weighted by molar-refractivity contribution is 7.13. The summed E-state index contributed by atoms with van der Waals surface area (Å²) in [7, 11) is 0. The molecule has 1 aromatic heterocycles. The van der Waals surface area contributed by atoms with Crippen LogP contribution in [0.2, 0.25) is 0 Å². The number of carbonyl (C=O) groups is 1. The number of hydrogen-bond acceptors (Lipinski definition) is 5. The molecule has 0 spiro atoms. The van der Waals surface area contributed by atoms with Crippen molar-refractivity contribution < 1.29 is 4.79 Å². The molecule has 5 nitrogen and oxygen atoms in total. The summed E-state index contributed by atoms with van der Waals surface area (Å²) in [6.07, 6.45) is 4.19. The molecule has 2 N–H and O–H groups in total. The maximum Gasteiger partial charge on any atom is 0.240 e. The van der Waals surface area contributed by atoms with Gasteiger partial charge in [0.15, 0.2) is 5.13 Å². The summed E-state index contributed by atoms with van der Waals surface area (Å²) in [5.74, 6) is 0.677. The van der Waals surface area contributed by atoms with Gasteiger partial charge in [0.05, 0.1) is 6.54 Å². The molecule has 0 aromatic carbocycles. The fraction of sp³-hybridized carbons (Fsp3) is 0.714. The van der Waals surface area contributed by atoms with Gasteiger partial charge in [0.25, 0.3) is 0 Å². The third-order valence-corrected chi connectivity index (χ3v) is 4.34. The Morgan fingerprint density at radius 3 is 3.10 bits per heavy atom. The Hall–Kier alpha value is -0.980. The van der Waals surface area contributed by atoms with E-state index in [2.05, 4.69) is 34.4 Å². The highest BCUT2D eigenvalue weighted by Crippen LogP contribution is 2.14. The largest absolute Gasteiger partial charge is 0.316 e. The molecule has 1 aliphatic heterocycles. The molecule has 20 heavy (non-hydrogen) atoms. The van der Waals surface area contributed by atoms with E-state index in [1.54, 1.807) is 6.20 Å². The Labute approximate surface area is 124 Å². The fourth-order valence-corrected chi connectivity index (χ4v) is 3.04. The van der Waals surface area contributed by atoms with Crippen LogP contribution in [0.3, 0.4) is 0 Å². The number of thiazole rings is 1. The summed E-state index contributed by atoms with van der Waals surface area (Å²) in [6.45, 7) is 7.91. The van der Waals surface area contributed by atoms with Crippen molar-refractivity contribution >= 4 is 22.4 Å². The van der Waals surface area contributed by atoms with Crippen LogP contribution in [-0.4, -0.2) is 48.0 Å². The van der Waals surface area contributed by atoms with Crippen LogP contribution in [-0.2, 0) is 4.79 Å². The normalized spacial score (nSPS) is 19.5. The topological polar surface area (TPSA) is 57.3 Å². The van der Waals surface area contributed by atoms with Crippen LogP contribution in [0.25, 0.3) is 0 Å². The van der Waals surface area contributed by atoms with Crippen LogP contribution in [0.5, 0.6) is 0 Å². The molecule has 1 aliphatic rings. The van der Waals surface area contributed by atoms with Gasteiger partial charge in [-0.1, -0.05) is 0 Å². The second-order valence-corrected chi connectivity index (χ2v) is 6.52. The van der Waals surface area contributed by atoms with Gasteiger partial charge in [-0.2, -0.15) is 0 Å². The van der Waals surface area contributed by atoms with E-state index in [4.69, 9.17) is 0 Å². The van der Waals surface area contributed by atoms with Gasteiger partial charge in [-0.25, -0.2) is 4.98 Å². The number of amides is 1. The first kappa shape index (κ1) is 15.4. The summed E-state index contributed by atoms with van der Waals surface area (Å²) < 4.78 is 0. The zero-order chi connectivity index (χ0) is 14.4. The zero-order valence-corrected chi connectivity index (χ0v) is 13.1. The summed E-state index contributed by atoms with van der Waals surface area (Å²) in [6, 6.07) is 0.374. The summed E-state index contributed by atoms with van der Waals surface area (Å²) in [5.41, 5.74) is 0. The molecule has 1 atom stereocenters. The maximum atomic E-state index is 12.1. The molecule has 1 saturated heterocycles. The van der Waals surface area contributed by atoms with E-state index in [1.807, 2.05) is 5.38 Å². The standard InChI is InChI=1S/C14H24N4OS/c1-11(2)18(9-12-4-3-5-15-8-12)10-13(19)17-14-16-6-7-20-14/h6-7,11-12,15H,3-5,8-10H2,1-2H3,(H,16,17,19). The second kappa shape index (κ2) is 7.71. The Balaban J connectivity index is 1.83. The molecular formula is C14H24N4OS. The molecule has 1 amide bonds. The Bertz CT molecular complexity index is 401. The van der Waals surface area contributed by atoms with Crippen LogP contribution < -0.4 is 10.6 Å². The van der Waals surface area contributed by atoms with Crippen LogP contribution in [0.1, 0.15) is 26.7 Å². The monoisotopic (exact) mass is 296 g/mol. The van der Waals surface area contributed by atoms with Crippen molar-refractivity contribution in [3.05, 3.63) is 11.6 Å². The first-order valence-electron chi connectivity index (χ1n) is 7.29. The van der Waals surface area contributed by atoms with Gasteiger partial charge in [0.2, 0.25) is 5.91 Å². The molecule has 2 heterocycles. The van der Waals surface area contributed by atoms with Crippen molar-refractivity contribution in [2.45, 2.75) is 32.7 Å². The second-order valence-electron chi connectivity index (χ2n) is 5.62. The average Bonchev–Trinajstić information content (AvgIpc) is 2.92. The van der Waals surface area contributed by atoms with Crippen LogP contribution >= 0.6 is 11.3 Å². The van der Waals surface area contributed by atoms with Crippen molar-refractivity contribution in [3.63, 3.8) is 0 Å². The van der Waals surface area contributed by atoms with E-state index >= 15 is 0 Å². The lowest BCUT2D eigenvalue weighted by molar-refractivity contribution is -0.117. The predicted octanol–water partition coefficient (Wildman–Crippen LogP) is 1.79. The Morgan fingerprint density at radius 1 is 1.65 bits per heavy atom. The van der Waals surface area contributed by atoms with Gasteiger partial charge in [-0.15, -0.1) is 11.3 Å². The van der Waals surface area contributed by atoms with Gasteiger partial charge in [0, 0.05) is 24.2 Å². The third-order valence-electron chi connectivity index (χ3n) is 3.65. The van der Waals surface area contributed by atoms with E-state index in [0.29, 0.717) is 23.6 Å². The van der Waals surface area contributed by atoms with Gasteiger partial charge >= 0.3 is 0 Å². The van der Waals surface area contributed by atoms with Gasteiger partial charge in [0.1, 0.15) is 0 Å². The number of rotatable bonds is 6. The van der Waals surface area contributed by atoms with E-state index in [1.165, 1.54) is 24.2 Å². The van der Waals surface area contributed by atoms with E-state index in [9.17, 15) is 4.79 Å². The number of carbonyl (C=O) groups excluding carboxylic acids is 1. The number of hydrogen-bond donors (Lipinski definition) is 2. The molecule has 6 heteroatoms. The Kier molecular flexibility index (Phi) is 5.94. The molecule has 1 unspecified atom stereocenters. The fourth-order valence-electron chi connectivity index (χ4n) is 2.50. The predicted molar refractivity (Wildman–Crippen MR) is 83.0 cm³/mol.